The summed E-state index contributed by atoms with van der Waals surface area (Å²) < 4.78 is 14.7. The van der Waals surface area contributed by atoms with E-state index in [1.165, 1.54) is 10.7 Å². The molecule has 0 radical (unpaired) electrons. The Balaban J connectivity index is 1.48. The van der Waals surface area contributed by atoms with Crippen LogP contribution in [-0.4, -0.2) is 28.7 Å². The SMILES string of the molecule is Nc1nc(-c2cccc(Cn3nc(-c4ccc5nsnc5c4)ccc3=O)c2)no1. The molecule has 5 aromatic rings. The number of rotatable bonds is 4. The van der Waals surface area contributed by atoms with Gasteiger partial charge in [-0.25, -0.2) is 4.68 Å². The van der Waals surface area contributed by atoms with Gasteiger partial charge < -0.3 is 10.3 Å². The van der Waals surface area contributed by atoms with Gasteiger partial charge in [0, 0.05) is 17.2 Å². The maximum absolute atomic E-state index is 12.4. The second kappa shape index (κ2) is 6.91. The molecule has 142 valence electrons. The van der Waals surface area contributed by atoms with E-state index >= 15 is 0 Å². The first kappa shape index (κ1) is 17.2. The topological polar surface area (TPSA) is 126 Å². The molecule has 0 bridgehead atoms. The second-order valence-electron chi connectivity index (χ2n) is 6.34. The summed E-state index contributed by atoms with van der Waals surface area (Å²) >= 11 is 1.16. The lowest BCUT2D eigenvalue weighted by Crippen LogP contribution is -2.22. The van der Waals surface area contributed by atoms with Crippen LogP contribution in [0.3, 0.4) is 0 Å². The second-order valence-corrected chi connectivity index (χ2v) is 6.87. The van der Waals surface area contributed by atoms with E-state index in [9.17, 15) is 4.79 Å². The van der Waals surface area contributed by atoms with E-state index < -0.39 is 0 Å². The highest BCUT2D eigenvalue weighted by atomic mass is 32.1. The number of hydrogen-bond donors (Lipinski definition) is 1. The van der Waals surface area contributed by atoms with Crippen LogP contribution in [0.15, 0.2) is 63.9 Å². The molecule has 3 aromatic heterocycles. The molecule has 9 nitrogen and oxygen atoms in total. The molecular formula is C19H13N7O2S. The molecule has 2 aromatic carbocycles. The summed E-state index contributed by atoms with van der Waals surface area (Å²) in [5, 5.41) is 8.35. The van der Waals surface area contributed by atoms with Crippen LogP contribution in [0.5, 0.6) is 0 Å². The zero-order valence-electron chi connectivity index (χ0n) is 14.9. The summed E-state index contributed by atoms with van der Waals surface area (Å²) in [6, 6.07) is 16.4. The van der Waals surface area contributed by atoms with E-state index in [-0.39, 0.29) is 11.6 Å². The first-order chi connectivity index (χ1) is 14.2. The van der Waals surface area contributed by atoms with E-state index in [0.29, 0.717) is 18.1 Å². The van der Waals surface area contributed by atoms with Gasteiger partial charge in [-0.2, -0.15) is 18.8 Å². The fraction of sp³-hybridized carbons (Fsp3) is 0.0526. The largest absolute Gasteiger partial charge is 0.351 e. The molecule has 0 amide bonds. The minimum atomic E-state index is -0.195. The summed E-state index contributed by atoms with van der Waals surface area (Å²) in [4.78, 5) is 16.4. The van der Waals surface area contributed by atoms with Crippen molar-refractivity contribution >= 4 is 28.8 Å². The van der Waals surface area contributed by atoms with Gasteiger partial charge in [-0.15, -0.1) is 0 Å². The molecule has 29 heavy (non-hydrogen) atoms. The molecule has 0 saturated carbocycles. The lowest BCUT2D eigenvalue weighted by molar-refractivity contribution is 0.437. The molecule has 0 aliphatic heterocycles. The lowest BCUT2D eigenvalue weighted by atomic mass is 10.1. The number of nitrogens with two attached hydrogens (primary N) is 1. The Labute approximate surface area is 167 Å². The third kappa shape index (κ3) is 3.36. The third-order valence-corrected chi connectivity index (χ3v) is 4.93. The van der Waals surface area contributed by atoms with Crippen LogP contribution in [0.4, 0.5) is 6.01 Å². The van der Waals surface area contributed by atoms with Gasteiger partial charge in [0.1, 0.15) is 11.0 Å². The van der Waals surface area contributed by atoms with Gasteiger partial charge in [0.05, 0.1) is 24.0 Å². The van der Waals surface area contributed by atoms with Crippen molar-refractivity contribution in [1.29, 1.82) is 0 Å². The summed E-state index contributed by atoms with van der Waals surface area (Å²) in [5.41, 5.74) is 10.1. The van der Waals surface area contributed by atoms with Gasteiger partial charge in [-0.3, -0.25) is 4.79 Å². The van der Waals surface area contributed by atoms with Crippen molar-refractivity contribution in [3.8, 4) is 22.6 Å². The zero-order valence-corrected chi connectivity index (χ0v) is 15.7. The van der Waals surface area contributed by atoms with E-state index in [4.69, 9.17) is 10.3 Å². The van der Waals surface area contributed by atoms with E-state index in [1.807, 2.05) is 42.5 Å². The Kier molecular flexibility index (Phi) is 4.10. The standard InChI is InChI=1S/C19H13N7O2S/c20-19-21-18(23-28-19)13-3-1-2-11(8-13)10-26-17(27)7-6-14(22-26)12-4-5-15-16(9-12)25-29-24-15/h1-9H,10H2,(H2,20,21,23). The van der Waals surface area contributed by atoms with Crippen molar-refractivity contribution < 1.29 is 4.52 Å². The first-order valence-electron chi connectivity index (χ1n) is 8.65. The predicted molar refractivity (Wildman–Crippen MR) is 108 cm³/mol. The van der Waals surface area contributed by atoms with Gasteiger partial charge in [0.2, 0.25) is 5.82 Å². The quantitative estimate of drug-likeness (QED) is 0.485. The average Bonchev–Trinajstić information content (AvgIpc) is 3.38. The maximum atomic E-state index is 12.4. The third-order valence-electron chi connectivity index (χ3n) is 4.38. The number of nitrogens with zero attached hydrogens (tertiary/aromatic N) is 6. The Bertz CT molecular complexity index is 1390. The normalized spacial score (nSPS) is 11.2. The Hall–Kier alpha value is -3.92. The van der Waals surface area contributed by atoms with E-state index in [1.54, 1.807) is 6.07 Å². The molecule has 0 saturated heterocycles. The number of anilines is 1. The molecule has 0 atom stereocenters. The fourth-order valence-electron chi connectivity index (χ4n) is 2.99. The Morgan fingerprint density at radius 2 is 1.90 bits per heavy atom. The van der Waals surface area contributed by atoms with Crippen LogP contribution in [0, 0.1) is 0 Å². The van der Waals surface area contributed by atoms with Gasteiger partial charge in [0.25, 0.3) is 5.56 Å². The summed E-state index contributed by atoms with van der Waals surface area (Å²) in [6.07, 6.45) is 0. The highest BCUT2D eigenvalue weighted by Gasteiger charge is 2.09. The van der Waals surface area contributed by atoms with Crippen LogP contribution < -0.4 is 11.3 Å². The maximum Gasteiger partial charge on any atom is 0.319 e. The molecule has 0 aliphatic carbocycles. The molecule has 5 rings (SSSR count). The van der Waals surface area contributed by atoms with Crippen molar-refractivity contribution in [3.05, 3.63) is 70.5 Å². The van der Waals surface area contributed by atoms with Crippen LogP contribution in [0.1, 0.15) is 5.56 Å². The van der Waals surface area contributed by atoms with Crippen LogP contribution in [0.25, 0.3) is 33.7 Å². The molecule has 0 spiro atoms. The monoisotopic (exact) mass is 403 g/mol. The molecular weight excluding hydrogens is 390 g/mol. The molecule has 3 heterocycles. The summed E-state index contributed by atoms with van der Waals surface area (Å²) in [5.74, 6) is 0.392. The zero-order chi connectivity index (χ0) is 19.8. The fourth-order valence-corrected chi connectivity index (χ4v) is 3.51. The Morgan fingerprint density at radius 3 is 2.76 bits per heavy atom. The minimum absolute atomic E-state index is 0.00303. The van der Waals surface area contributed by atoms with Crippen LogP contribution in [-0.2, 0) is 6.54 Å². The van der Waals surface area contributed by atoms with Gasteiger partial charge in [-0.1, -0.05) is 29.4 Å². The van der Waals surface area contributed by atoms with Crippen molar-refractivity contribution in [2.24, 2.45) is 0 Å². The average molecular weight is 403 g/mol. The molecule has 0 aliphatic rings. The first-order valence-corrected chi connectivity index (χ1v) is 9.38. The number of aromatic nitrogens is 6. The van der Waals surface area contributed by atoms with E-state index in [2.05, 4.69) is 24.0 Å². The highest BCUT2D eigenvalue weighted by Crippen LogP contribution is 2.22. The van der Waals surface area contributed by atoms with E-state index in [0.717, 1.165) is 39.5 Å². The van der Waals surface area contributed by atoms with Gasteiger partial charge in [0.15, 0.2) is 0 Å². The highest BCUT2D eigenvalue weighted by molar-refractivity contribution is 7.00. The predicted octanol–water partition coefficient (Wildman–Crippen LogP) is 2.60. The Morgan fingerprint density at radius 1 is 1.00 bits per heavy atom. The molecule has 0 unspecified atom stereocenters. The summed E-state index contributed by atoms with van der Waals surface area (Å²) in [6.45, 7) is 0.300. The number of fused-ring (bicyclic) bond motifs is 1. The van der Waals surface area contributed by atoms with Crippen molar-refractivity contribution in [1.82, 2.24) is 28.7 Å². The number of hydrogen-bond acceptors (Lipinski definition) is 9. The lowest BCUT2D eigenvalue weighted by Gasteiger charge is -2.08. The van der Waals surface area contributed by atoms with Crippen molar-refractivity contribution in [3.63, 3.8) is 0 Å². The molecule has 2 N–H and O–H groups in total. The number of benzene rings is 2. The smallest absolute Gasteiger partial charge is 0.319 e. The van der Waals surface area contributed by atoms with Gasteiger partial charge >= 0.3 is 6.01 Å². The van der Waals surface area contributed by atoms with Crippen molar-refractivity contribution in [2.75, 3.05) is 5.73 Å². The number of nitrogen functional groups attached to an aromatic ring is 1. The minimum Gasteiger partial charge on any atom is -0.351 e. The molecule has 10 heteroatoms. The van der Waals surface area contributed by atoms with Crippen molar-refractivity contribution in [2.45, 2.75) is 6.54 Å². The van der Waals surface area contributed by atoms with Crippen LogP contribution >= 0.6 is 11.7 Å². The van der Waals surface area contributed by atoms with Crippen LogP contribution in [0.2, 0.25) is 0 Å². The summed E-state index contributed by atoms with van der Waals surface area (Å²) in [7, 11) is 0. The van der Waals surface area contributed by atoms with Gasteiger partial charge in [-0.05, 0) is 29.8 Å². The molecule has 0 fully saturated rings.